The van der Waals surface area contributed by atoms with Gasteiger partial charge in [0.2, 0.25) is 0 Å². The molecule has 3 aliphatic rings. The molecule has 0 aliphatic carbocycles. The number of barbiturate groups is 1. The summed E-state index contributed by atoms with van der Waals surface area (Å²) < 4.78 is 0. The fourth-order valence-corrected chi connectivity index (χ4v) is 5.22. The Labute approximate surface area is 208 Å². The average Bonchev–Trinajstić information content (AvgIpc) is 3.50. The number of urea groups is 1. The van der Waals surface area contributed by atoms with Crippen LogP contribution in [0.15, 0.2) is 65.9 Å². The molecule has 0 aromatic heterocycles. The highest BCUT2D eigenvalue weighted by atomic mass is 16.2. The second kappa shape index (κ2) is 8.49. The van der Waals surface area contributed by atoms with Gasteiger partial charge >= 0.3 is 6.03 Å². The zero-order valence-corrected chi connectivity index (χ0v) is 19.8. The summed E-state index contributed by atoms with van der Waals surface area (Å²) in [6.07, 6.45) is 3.90. The van der Waals surface area contributed by atoms with E-state index in [4.69, 9.17) is 6.57 Å². The number of nitriles is 1. The number of carbonyl (C=O) groups is 3. The number of benzene rings is 2. The van der Waals surface area contributed by atoms with Gasteiger partial charge in [-0.1, -0.05) is 24.3 Å². The molecule has 4 amide bonds. The van der Waals surface area contributed by atoms with E-state index < -0.39 is 23.3 Å². The van der Waals surface area contributed by atoms with E-state index in [1.54, 1.807) is 12.1 Å². The maximum absolute atomic E-state index is 12.8. The van der Waals surface area contributed by atoms with Gasteiger partial charge in [0.05, 0.1) is 23.2 Å². The molecule has 1 atom stereocenters. The monoisotopic (exact) mass is 478 g/mol. The first kappa shape index (κ1) is 23.0. The van der Waals surface area contributed by atoms with Gasteiger partial charge in [0, 0.05) is 32.0 Å². The third-order valence-corrected chi connectivity index (χ3v) is 7.04. The van der Waals surface area contributed by atoms with Crippen molar-refractivity contribution in [2.24, 2.45) is 0 Å². The summed E-state index contributed by atoms with van der Waals surface area (Å²) in [6, 6.07) is 14.5. The minimum atomic E-state index is -0.684. The first-order valence-corrected chi connectivity index (χ1v) is 11.4. The van der Waals surface area contributed by atoms with E-state index >= 15 is 0 Å². The number of fused-ring (bicyclic) bond motifs is 2. The van der Waals surface area contributed by atoms with Crippen LogP contribution in [0.2, 0.25) is 0 Å². The highest BCUT2D eigenvalue weighted by molar-refractivity contribution is 6.28. The molecular formula is C27H22N6O3. The van der Waals surface area contributed by atoms with Gasteiger partial charge in [-0.2, -0.15) is 5.26 Å². The zero-order valence-electron chi connectivity index (χ0n) is 19.8. The fraction of sp³-hybridized carbons (Fsp3) is 0.222. The summed E-state index contributed by atoms with van der Waals surface area (Å²) in [5.41, 5.74) is 3.19. The van der Waals surface area contributed by atoms with Crippen molar-refractivity contribution in [2.75, 3.05) is 32.1 Å². The van der Waals surface area contributed by atoms with Crippen molar-refractivity contribution in [1.29, 1.82) is 5.26 Å². The van der Waals surface area contributed by atoms with E-state index in [1.165, 1.54) is 20.2 Å². The molecule has 5 rings (SSSR count). The zero-order chi connectivity index (χ0) is 25.6. The van der Waals surface area contributed by atoms with Crippen LogP contribution in [0.25, 0.3) is 4.85 Å². The molecule has 1 unspecified atom stereocenters. The van der Waals surface area contributed by atoms with E-state index in [2.05, 4.69) is 16.2 Å². The number of nitrogens with zero attached hydrogens (tertiary/aromatic N) is 5. The third-order valence-electron chi connectivity index (χ3n) is 7.04. The fourth-order valence-electron chi connectivity index (χ4n) is 5.22. The molecule has 0 saturated carbocycles. The number of nitrogens with one attached hydrogen (secondary N) is 1. The van der Waals surface area contributed by atoms with Gasteiger partial charge in [-0.25, -0.2) is 9.64 Å². The van der Waals surface area contributed by atoms with Crippen LogP contribution in [-0.2, 0) is 15.0 Å². The smallest absolute Gasteiger partial charge is 0.315 e. The molecule has 9 nitrogen and oxygen atoms in total. The van der Waals surface area contributed by atoms with E-state index in [-0.39, 0.29) is 5.57 Å². The Morgan fingerprint density at radius 3 is 2.36 bits per heavy atom. The minimum Gasteiger partial charge on any atom is -0.315 e. The minimum absolute atomic E-state index is 0.125. The molecule has 3 aliphatic heterocycles. The molecule has 2 fully saturated rings. The molecule has 178 valence electrons. The maximum atomic E-state index is 12.8. The number of allylic oxidation sites excluding steroid dienone is 2. The Hall–Kier alpha value is -4.73. The number of rotatable bonds is 2. The number of hydrogen-bond donors (Lipinski definition) is 1. The predicted octanol–water partition coefficient (Wildman–Crippen LogP) is 3.35. The number of carbonyl (C=O) groups excluding carboxylic acids is 3. The Morgan fingerprint density at radius 1 is 1.08 bits per heavy atom. The van der Waals surface area contributed by atoms with Gasteiger partial charge in [-0.3, -0.25) is 19.4 Å². The lowest BCUT2D eigenvalue weighted by Gasteiger charge is -2.30. The van der Waals surface area contributed by atoms with Crippen molar-refractivity contribution in [3.05, 3.63) is 88.4 Å². The van der Waals surface area contributed by atoms with E-state index in [0.29, 0.717) is 29.9 Å². The van der Waals surface area contributed by atoms with Crippen molar-refractivity contribution in [3.63, 3.8) is 0 Å². The predicted molar refractivity (Wildman–Crippen MR) is 132 cm³/mol. The molecule has 2 aromatic rings. The number of hydrogen-bond acceptors (Lipinski definition) is 6. The summed E-state index contributed by atoms with van der Waals surface area (Å²) >= 11 is 0. The van der Waals surface area contributed by atoms with Gasteiger partial charge < -0.3 is 10.2 Å². The van der Waals surface area contributed by atoms with Crippen LogP contribution < -0.4 is 10.2 Å². The van der Waals surface area contributed by atoms with Crippen molar-refractivity contribution < 1.29 is 14.4 Å². The Kier molecular flexibility index (Phi) is 5.43. The largest absolute Gasteiger partial charge is 0.333 e. The van der Waals surface area contributed by atoms with E-state index in [1.807, 2.05) is 41.3 Å². The van der Waals surface area contributed by atoms with Crippen LogP contribution in [0, 0.1) is 17.9 Å². The van der Waals surface area contributed by atoms with Crippen LogP contribution in [0.3, 0.4) is 0 Å². The highest BCUT2D eigenvalue weighted by Gasteiger charge is 2.50. The molecular weight excluding hydrogens is 456 g/mol. The molecule has 2 aromatic carbocycles. The standard InChI is InChI=1S/C27H22N6O3/c1-29-18-13-17(15-28)23-21(14-18)27(11-12-30-16-27)22(33(23)19-7-5-4-6-8-19)10-9-20-24(34)31(2)26(36)32(3)25(20)35/h4-10,13-14,30H,11-12,16H2,2-3H3/b22-10+. The summed E-state index contributed by atoms with van der Waals surface area (Å²) in [4.78, 5) is 45.2. The SMILES string of the molecule is [C-]#[N+]c1cc(C#N)c2c(c1)C1(CCNC1)/C(=C\C=C1C(=O)N(C)C(=O)N(C)C1=O)N2c1ccccc1. The molecule has 1 N–H and O–H groups in total. The lowest BCUT2D eigenvalue weighted by atomic mass is 9.78. The van der Waals surface area contributed by atoms with Crippen molar-refractivity contribution >= 4 is 34.9 Å². The van der Waals surface area contributed by atoms with Crippen LogP contribution >= 0.6 is 0 Å². The summed E-state index contributed by atoms with van der Waals surface area (Å²) in [5.74, 6) is -1.35. The third kappa shape index (κ3) is 3.22. The average molecular weight is 479 g/mol. The Morgan fingerprint density at radius 2 is 1.78 bits per heavy atom. The quantitative estimate of drug-likeness (QED) is 0.404. The molecule has 9 heteroatoms. The first-order valence-electron chi connectivity index (χ1n) is 11.4. The van der Waals surface area contributed by atoms with E-state index in [9.17, 15) is 19.6 Å². The molecule has 0 radical (unpaired) electrons. The lowest BCUT2D eigenvalue weighted by molar-refractivity contribution is -0.134. The topological polar surface area (TPSA) is 101 Å². The molecule has 1 spiro atoms. The first-order chi connectivity index (χ1) is 17.3. The van der Waals surface area contributed by atoms with Crippen molar-refractivity contribution in [2.45, 2.75) is 11.8 Å². The van der Waals surface area contributed by atoms with Crippen LogP contribution in [0.4, 0.5) is 21.9 Å². The highest BCUT2D eigenvalue weighted by Crippen LogP contribution is 2.56. The summed E-state index contributed by atoms with van der Waals surface area (Å²) in [6.45, 7) is 8.85. The number of anilines is 2. The lowest BCUT2D eigenvalue weighted by Crippen LogP contribution is -2.53. The van der Waals surface area contributed by atoms with Gasteiger partial charge in [-0.15, -0.1) is 0 Å². The van der Waals surface area contributed by atoms with Gasteiger partial charge in [-0.05, 0) is 48.9 Å². The van der Waals surface area contributed by atoms with E-state index in [0.717, 1.165) is 33.3 Å². The number of amides is 4. The normalized spacial score (nSPS) is 22.3. The second-order valence-corrected chi connectivity index (χ2v) is 8.94. The molecule has 3 heterocycles. The van der Waals surface area contributed by atoms with Gasteiger partial charge in [0.25, 0.3) is 11.8 Å². The Bertz CT molecular complexity index is 1430. The number of imide groups is 2. The van der Waals surface area contributed by atoms with Crippen LogP contribution in [0.1, 0.15) is 17.5 Å². The van der Waals surface area contributed by atoms with Gasteiger partial charge in [0.15, 0.2) is 5.69 Å². The van der Waals surface area contributed by atoms with Gasteiger partial charge in [0.1, 0.15) is 11.6 Å². The second-order valence-electron chi connectivity index (χ2n) is 8.94. The van der Waals surface area contributed by atoms with Crippen molar-refractivity contribution in [3.8, 4) is 6.07 Å². The molecule has 2 saturated heterocycles. The maximum Gasteiger partial charge on any atom is 0.333 e. The molecule has 36 heavy (non-hydrogen) atoms. The Balaban J connectivity index is 1.78. The molecule has 0 bridgehead atoms. The van der Waals surface area contributed by atoms with Crippen molar-refractivity contribution in [1.82, 2.24) is 15.1 Å². The van der Waals surface area contributed by atoms with Crippen LogP contribution in [0.5, 0.6) is 0 Å². The number of likely N-dealkylation sites (N-methyl/N-ethyl adjacent to an activating group) is 2. The summed E-state index contributed by atoms with van der Waals surface area (Å²) in [7, 11) is 2.67. The van der Waals surface area contributed by atoms with Crippen LogP contribution in [-0.4, -0.2) is 54.8 Å². The summed E-state index contributed by atoms with van der Waals surface area (Å²) in [5, 5.41) is 13.4. The number of para-hydroxylation sites is 1.